The van der Waals surface area contributed by atoms with Crippen LogP contribution in [0.25, 0.3) is 17.2 Å². The van der Waals surface area contributed by atoms with Crippen molar-refractivity contribution in [3.63, 3.8) is 0 Å². The first kappa shape index (κ1) is 20.9. The molecule has 0 spiro atoms. The number of nitrogens with one attached hydrogen (secondary N) is 1. The Bertz CT molecular complexity index is 1370. The summed E-state index contributed by atoms with van der Waals surface area (Å²) in [7, 11) is 0. The number of anilines is 1. The molecular formula is C24H23FN6O2. The lowest BCUT2D eigenvalue weighted by Crippen LogP contribution is -2.13. The molecule has 0 bridgehead atoms. The third-order valence-corrected chi connectivity index (χ3v) is 5.68. The summed E-state index contributed by atoms with van der Waals surface area (Å²) in [5.74, 6) is 0.748. The van der Waals surface area contributed by atoms with E-state index in [1.54, 1.807) is 28.8 Å². The van der Waals surface area contributed by atoms with Gasteiger partial charge >= 0.3 is 0 Å². The number of aromatic nitrogens is 4. The molecule has 1 aliphatic heterocycles. The smallest absolute Gasteiger partial charge is 0.252 e. The third-order valence-electron chi connectivity index (χ3n) is 5.68. The summed E-state index contributed by atoms with van der Waals surface area (Å²) in [4.78, 5) is 26.0. The molecule has 1 aliphatic rings. The molecule has 1 aromatic carbocycles. The Morgan fingerprint density at radius 2 is 2.09 bits per heavy atom. The molecule has 9 heteroatoms. The van der Waals surface area contributed by atoms with E-state index in [1.807, 2.05) is 13.0 Å². The molecule has 0 saturated carbocycles. The van der Waals surface area contributed by atoms with Gasteiger partial charge in [0.2, 0.25) is 5.88 Å². The number of fused-ring (bicyclic) bond motifs is 2. The van der Waals surface area contributed by atoms with Crippen LogP contribution in [0.2, 0.25) is 0 Å². The molecule has 0 atom stereocenters. The number of primary amides is 1. The molecule has 1 amide bonds. The highest BCUT2D eigenvalue weighted by molar-refractivity contribution is 5.99. The number of nitrogens with two attached hydrogens (primary N) is 1. The number of halogens is 1. The normalized spacial score (nSPS) is 13.3. The van der Waals surface area contributed by atoms with Gasteiger partial charge in [0.25, 0.3) is 5.91 Å². The highest BCUT2D eigenvalue weighted by Crippen LogP contribution is 2.33. The Morgan fingerprint density at radius 3 is 2.91 bits per heavy atom. The van der Waals surface area contributed by atoms with Crippen LogP contribution in [0.5, 0.6) is 5.88 Å². The SMILES string of the molecule is Cc1nc2c(C(N)=O)cccn2c1-c1nc(NCc2cccc(F)c2)c2c(n1)OCCCC2. The number of carbonyl (C=O) groups excluding carboxylic acids is 1. The van der Waals surface area contributed by atoms with Crippen molar-refractivity contribution >= 4 is 17.4 Å². The van der Waals surface area contributed by atoms with E-state index in [9.17, 15) is 9.18 Å². The number of pyridine rings is 1. The molecule has 0 aliphatic carbocycles. The van der Waals surface area contributed by atoms with E-state index in [4.69, 9.17) is 20.4 Å². The second-order valence-corrected chi connectivity index (χ2v) is 7.99. The Hall–Kier alpha value is -4.01. The Balaban J connectivity index is 1.62. The highest BCUT2D eigenvalue weighted by Gasteiger charge is 2.23. The number of ether oxygens (including phenoxy) is 1. The quantitative estimate of drug-likeness (QED) is 0.484. The van der Waals surface area contributed by atoms with Gasteiger partial charge in [0.15, 0.2) is 5.82 Å². The standard InChI is InChI=1S/C24H23FN6O2/c1-14-19(31-10-5-9-17(20(26)32)23(31)28-14)22-29-21(18-8-2-3-11-33-24(18)30-22)27-13-15-6-4-7-16(25)12-15/h4-7,9-10,12H,2-3,8,11,13H2,1H3,(H2,26,32)(H,27,29,30). The van der Waals surface area contributed by atoms with Crippen molar-refractivity contribution in [2.75, 3.05) is 11.9 Å². The number of hydrogen-bond donors (Lipinski definition) is 2. The molecule has 0 unspecified atom stereocenters. The second-order valence-electron chi connectivity index (χ2n) is 7.99. The predicted octanol–water partition coefficient (Wildman–Crippen LogP) is 3.66. The molecule has 8 nitrogen and oxygen atoms in total. The van der Waals surface area contributed by atoms with Crippen LogP contribution in [0.15, 0.2) is 42.6 Å². The predicted molar refractivity (Wildman–Crippen MR) is 122 cm³/mol. The highest BCUT2D eigenvalue weighted by atomic mass is 19.1. The van der Waals surface area contributed by atoms with Crippen LogP contribution in [0.1, 0.15) is 40.0 Å². The van der Waals surface area contributed by atoms with E-state index in [0.717, 1.165) is 30.4 Å². The van der Waals surface area contributed by atoms with Crippen LogP contribution < -0.4 is 15.8 Å². The molecule has 0 fully saturated rings. The monoisotopic (exact) mass is 446 g/mol. The van der Waals surface area contributed by atoms with Crippen LogP contribution in [-0.4, -0.2) is 31.9 Å². The number of rotatable bonds is 5. The summed E-state index contributed by atoms with van der Waals surface area (Å²) in [6.45, 7) is 2.81. The van der Waals surface area contributed by atoms with E-state index < -0.39 is 5.91 Å². The van der Waals surface area contributed by atoms with Crippen LogP contribution in [0, 0.1) is 12.7 Å². The average Bonchev–Trinajstić information content (AvgIpc) is 2.96. The Morgan fingerprint density at radius 1 is 1.21 bits per heavy atom. The number of carbonyl (C=O) groups is 1. The van der Waals surface area contributed by atoms with Crippen molar-refractivity contribution in [2.24, 2.45) is 5.73 Å². The minimum Gasteiger partial charge on any atom is -0.477 e. The molecular weight excluding hydrogens is 423 g/mol. The van der Waals surface area contributed by atoms with Gasteiger partial charge in [0, 0.05) is 12.7 Å². The number of hydrogen-bond acceptors (Lipinski definition) is 6. The summed E-state index contributed by atoms with van der Waals surface area (Å²) in [5, 5.41) is 3.34. The van der Waals surface area contributed by atoms with Crippen LogP contribution in [-0.2, 0) is 13.0 Å². The van der Waals surface area contributed by atoms with Crippen molar-refractivity contribution in [2.45, 2.75) is 32.7 Å². The second kappa shape index (κ2) is 8.50. The fourth-order valence-electron chi connectivity index (χ4n) is 4.11. The molecule has 33 heavy (non-hydrogen) atoms. The van der Waals surface area contributed by atoms with Crippen molar-refractivity contribution < 1.29 is 13.9 Å². The fourth-order valence-corrected chi connectivity index (χ4v) is 4.11. The van der Waals surface area contributed by atoms with E-state index in [1.165, 1.54) is 12.1 Å². The molecule has 5 rings (SSSR count). The van der Waals surface area contributed by atoms with Gasteiger partial charge in [-0.15, -0.1) is 0 Å². The van der Waals surface area contributed by atoms with Gasteiger partial charge in [-0.1, -0.05) is 12.1 Å². The number of benzene rings is 1. The zero-order chi connectivity index (χ0) is 22.9. The summed E-state index contributed by atoms with van der Waals surface area (Å²) in [5.41, 5.74) is 9.32. The topological polar surface area (TPSA) is 107 Å². The van der Waals surface area contributed by atoms with Gasteiger partial charge < -0.3 is 15.8 Å². The summed E-state index contributed by atoms with van der Waals surface area (Å²) >= 11 is 0. The van der Waals surface area contributed by atoms with Gasteiger partial charge in [0.1, 0.15) is 23.0 Å². The van der Waals surface area contributed by atoms with Crippen LogP contribution in [0.4, 0.5) is 10.2 Å². The number of nitrogens with zero attached hydrogens (tertiary/aromatic N) is 4. The van der Waals surface area contributed by atoms with Gasteiger partial charge in [-0.3, -0.25) is 9.20 Å². The minimum atomic E-state index is -0.555. The van der Waals surface area contributed by atoms with E-state index in [2.05, 4.69) is 10.3 Å². The fraction of sp³-hybridized carbons (Fsp3) is 0.250. The van der Waals surface area contributed by atoms with Crippen molar-refractivity contribution in [3.8, 4) is 17.4 Å². The lowest BCUT2D eigenvalue weighted by Gasteiger charge is -2.15. The van der Waals surface area contributed by atoms with E-state index in [0.29, 0.717) is 53.3 Å². The molecule has 0 saturated heterocycles. The van der Waals surface area contributed by atoms with Gasteiger partial charge in [0.05, 0.1) is 23.4 Å². The van der Waals surface area contributed by atoms with E-state index >= 15 is 0 Å². The molecule has 0 radical (unpaired) electrons. The zero-order valence-electron chi connectivity index (χ0n) is 18.1. The van der Waals surface area contributed by atoms with Crippen molar-refractivity contribution in [3.05, 3.63) is 70.8 Å². The number of imidazole rings is 1. The van der Waals surface area contributed by atoms with Crippen LogP contribution in [0.3, 0.4) is 0 Å². The first-order valence-electron chi connectivity index (χ1n) is 10.8. The largest absolute Gasteiger partial charge is 0.477 e. The summed E-state index contributed by atoms with van der Waals surface area (Å²) in [6.07, 6.45) is 4.46. The number of amides is 1. The first-order valence-corrected chi connectivity index (χ1v) is 10.8. The van der Waals surface area contributed by atoms with E-state index in [-0.39, 0.29) is 5.82 Å². The molecule has 168 valence electrons. The average molecular weight is 446 g/mol. The Kier molecular flexibility index (Phi) is 5.37. The molecule has 3 N–H and O–H groups in total. The summed E-state index contributed by atoms with van der Waals surface area (Å²) < 4.78 is 21.4. The maximum absolute atomic E-state index is 13.6. The minimum absolute atomic E-state index is 0.286. The first-order chi connectivity index (χ1) is 16.0. The van der Waals surface area contributed by atoms with Gasteiger partial charge in [-0.2, -0.15) is 4.98 Å². The zero-order valence-corrected chi connectivity index (χ0v) is 18.1. The maximum Gasteiger partial charge on any atom is 0.252 e. The molecule has 3 aromatic heterocycles. The molecule has 4 heterocycles. The van der Waals surface area contributed by atoms with Crippen molar-refractivity contribution in [1.29, 1.82) is 0 Å². The molecule has 4 aromatic rings. The van der Waals surface area contributed by atoms with Crippen molar-refractivity contribution in [1.82, 2.24) is 19.4 Å². The lowest BCUT2D eigenvalue weighted by atomic mass is 10.1. The van der Waals surface area contributed by atoms with Crippen LogP contribution >= 0.6 is 0 Å². The van der Waals surface area contributed by atoms with Gasteiger partial charge in [-0.25, -0.2) is 14.4 Å². The lowest BCUT2D eigenvalue weighted by molar-refractivity contribution is 0.100. The summed E-state index contributed by atoms with van der Waals surface area (Å²) in [6, 6.07) is 9.82. The third kappa shape index (κ3) is 3.97. The Labute approximate surface area is 189 Å². The maximum atomic E-state index is 13.6. The van der Waals surface area contributed by atoms with Gasteiger partial charge in [-0.05, 0) is 56.0 Å². The number of aryl methyl sites for hydroxylation is 1.